The highest BCUT2D eigenvalue weighted by molar-refractivity contribution is 4.91. The summed E-state index contributed by atoms with van der Waals surface area (Å²) in [5, 5.41) is 0. The third-order valence-corrected chi connectivity index (χ3v) is 4.04. The summed E-state index contributed by atoms with van der Waals surface area (Å²) >= 11 is 0. The van der Waals surface area contributed by atoms with Crippen molar-refractivity contribution in [1.82, 2.24) is 9.80 Å². The number of hydrogen-bond acceptors (Lipinski definition) is 2. The predicted octanol–water partition coefficient (Wildman–Crippen LogP) is 2.01. The molecular weight excluding hydrogens is 172 g/mol. The van der Waals surface area contributed by atoms with Crippen molar-refractivity contribution in [2.24, 2.45) is 11.8 Å². The smallest absolute Gasteiger partial charge is 0.0661 e. The van der Waals surface area contributed by atoms with E-state index in [1.54, 1.807) is 0 Å². The number of rotatable bonds is 1. The number of nitrogens with zero attached hydrogens (tertiary/aromatic N) is 2. The maximum Gasteiger partial charge on any atom is 0.0661 e. The topological polar surface area (TPSA) is 6.48 Å². The second-order valence-electron chi connectivity index (χ2n) is 5.56. The van der Waals surface area contributed by atoms with E-state index in [4.69, 9.17) is 0 Å². The lowest BCUT2D eigenvalue weighted by atomic mass is 9.89. The molecule has 0 aromatic carbocycles. The average Bonchev–Trinajstić information content (AvgIpc) is 2.11. The summed E-state index contributed by atoms with van der Waals surface area (Å²) in [4.78, 5) is 5.22. The van der Waals surface area contributed by atoms with E-state index in [0.29, 0.717) is 0 Å². The zero-order valence-corrected chi connectivity index (χ0v) is 10.0. The summed E-state index contributed by atoms with van der Waals surface area (Å²) in [5.74, 6) is 1.76. The van der Waals surface area contributed by atoms with Crippen LogP contribution in [0.1, 0.15) is 33.6 Å². The molecular formula is C12H24N2. The molecule has 82 valence electrons. The van der Waals surface area contributed by atoms with Gasteiger partial charge in [0.1, 0.15) is 0 Å². The summed E-state index contributed by atoms with van der Waals surface area (Å²) in [6, 6.07) is 0.793. The van der Waals surface area contributed by atoms with Gasteiger partial charge in [0.2, 0.25) is 0 Å². The minimum Gasteiger partial charge on any atom is -0.290 e. The molecule has 0 spiro atoms. The van der Waals surface area contributed by atoms with Crippen LogP contribution in [0.3, 0.4) is 0 Å². The van der Waals surface area contributed by atoms with Crippen molar-refractivity contribution in [1.29, 1.82) is 0 Å². The second-order valence-corrected chi connectivity index (χ2v) is 5.56. The summed E-state index contributed by atoms with van der Waals surface area (Å²) in [6.07, 6.45) is 3.54. The minimum atomic E-state index is 0.729. The van der Waals surface area contributed by atoms with Gasteiger partial charge >= 0.3 is 0 Å². The lowest BCUT2D eigenvalue weighted by molar-refractivity contribution is -0.0995. The molecule has 2 nitrogen and oxygen atoms in total. The third-order valence-electron chi connectivity index (χ3n) is 4.04. The molecule has 0 bridgehead atoms. The molecule has 0 aromatic rings. The van der Waals surface area contributed by atoms with Crippen LogP contribution < -0.4 is 0 Å². The fraction of sp³-hybridized carbons (Fsp3) is 1.00. The van der Waals surface area contributed by atoms with Gasteiger partial charge in [-0.25, -0.2) is 0 Å². The van der Waals surface area contributed by atoms with Gasteiger partial charge < -0.3 is 0 Å². The highest BCUT2D eigenvalue weighted by Crippen LogP contribution is 2.32. The van der Waals surface area contributed by atoms with E-state index in [0.717, 1.165) is 24.0 Å². The van der Waals surface area contributed by atoms with Gasteiger partial charge in [-0.05, 0) is 38.6 Å². The van der Waals surface area contributed by atoms with Crippen LogP contribution in [-0.2, 0) is 0 Å². The number of piperidine rings is 1. The van der Waals surface area contributed by atoms with Gasteiger partial charge in [-0.2, -0.15) is 0 Å². The summed E-state index contributed by atoms with van der Waals surface area (Å²) in [5.41, 5.74) is 0. The van der Waals surface area contributed by atoms with Crippen molar-refractivity contribution in [3.8, 4) is 0 Å². The van der Waals surface area contributed by atoms with Gasteiger partial charge in [0, 0.05) is 19.1 Å². The monoisotopic (exact) mass is 196 g/mol. The number of hydrogen-bond donors (Lipinski definition) is 0. The lowest BCUT2D eigenvalue weighted by Crippen LogP contribution is -2.65. The first-order valence-corrected chi connectivity index (χ1v) is 6.05. The van der Waals surface area contributed by atoms with Gasteiger partial charge in [0.15, 0.2) is 0 Å². The van der Waals surface area contributed by atoms with Gasteiger partial charge in [0.25, 0.3) is 0 Å². The maximum atomic E-state index is 2.72. The van der Waals surface area contributed by atoms with Gasteiger partial charge in [-0.1, -0.05) is 13.8 Å². The van der Waals surface area contributed by atoms with E-state index in [-0.39, 0.29) is 0 Å². The predicted molar refractivity (Wildman–Crippen MR) is 60.1 cm³/mol. The van der Waals surface area contributed by atoms with Crippen LogP contribution in [0.2, 0.25) is 0 Å². The molecule has 0 aromatic heterocycles. The van der Waals surface area contributed by atoms with Crippen LogP contribution in [0, 0.1) is 11.8 Å². The van der Waals surface area contributed by atoms with E-state index < -0.39 is 0 Å². The number of likely N-dealkylation sites (tertiary alicyclic amines) is 2. The standard InChI is InChI=1S/C12H24N2/c1-9-5-6-11(3)14(7-9)12-10(2)8-13(12)4/h9-12H,5-8H2,1-4H3. The Morgan fingerprint density at radius 3 is 2.29 bits per heavy atom. The zero-order chi connectivity index (χ0) is 10.3. The van der Waals surface area contributed by atoms with Crippen molar-refractivity contribution < 1.29 is 0 Å². The molecule has 4 unspecified atom stereocenters. The first-order valence-electron chi connectivity index (χ1n) is 6.05. The van der Waals surface area contributed by atoms with Crippen LogP contribution in [0.25, 0.3) is 0 Å². The summed E-state index contributed by atoms with van der Waals surface area (Å²) in [6.45, 7) is 9.76. The molecule has 0 N–H and O–H groups in total. The first-order chi connectivity index (χ1) is 6.59. The van der Waals surface area contributed by atoms with Crippen molar-refractivity contribution >= 4 is 0 Å². The van der Waals surface area contributed by atoms with Crippen molar-refractivity contribution in [2.75, 3.05) is 20.1 Å². The molecule has 0 amide bonds. The molecule has 0 saturated carbocycles. The fourth-order valence-electron chi connectivity index (χ4n) is 3.22. The first kappa shape index (κ1) is 10.4. The molecule has 2 fully saturated rings. The van der Waals surface area contributed by atoms with Gasteiger partial charge in [-0.15, -0.1) is 0 Å². The fourth-order valence-corrected chi connectivity index (χ4v) is 3.22. The quantitative estimate of drug-likeness (QED) is 0.633. The van der Waals surface area contributed by atoms with Crippen molar-refractivity contribution in [2.45, 2.75) is 45.8 Å². The highest BCUT2D eigenvalue weighted by Gasteiger charge is 2.40. The summed E-state index contributed by atoms with van der Waals surface area (Å²) < 4.78 is 0. The van der Waals surface area contributed by atoms with E-state index in [1.807, 2.05) is 0 Å². The Bertz CT molecular complexity index is 196. The Balaban J connectivity index is 2.00. The maximum absolute atomic E-state index is 2.72. The van der Waals surface area contributed by atoms with E-state index in [2.05, 4.69) is 37.6 Å². The van der Waals surface area contributed by atoms with Crippen LogP contribution in [0.4, 0.5) is 0 Å². The second kappa shape index (κ2) is 3.82. The largest absolute Gasteiger partial charge is 0.290 e. The van der Waals surface area contributed by atoms with Crippen LogP contribution >= 0.6 is 0 Å². The Morgan fingerprint density at radius 1 is 1.00 bits per heavy atom. The SMILES string of the molecule is CC1CCC(C)N(C2C(C)CN2C)C1. The molecule has 2 heteroatoms. The lowest BCUT2D eigenvalue weighted by Gasteiger charge is -2.54. The van der Waals surface area contributed by atoms with Crippen LogP contribution in [-0.4, -0.2) is 42.1 Å². The van der Waals surface area contributed by atoms with Crippen LogP contribution in [0.15, 0.2) is 0 Å². The van der Waals surface area contributed by atoms with Gasteiger partial charge in [-0.3, -0.25) is 9.80 Å². The molecule has 4 atom stereocenters. The van der Waals surface area contributed by atoms with Gasteiger partial charge in [0.05, 0.1) is 6.17 Å². The van der Waals surface area contributed by atoms with Crippen molar-refractivity contribution in [3.63, 3.8) is 0 Å². The molecule has 2 aliphatic heterocycles. The highest BCUT2D eigenvalue weighted by atomic mass is 15.4. The summed E-state index contributed by atoms with van der Waals surface area (Å²) in [7, 11) is 2.26. The Morgan fingerprint density at radius 2 is 1.71 bits per heavy atom. The zero-order valence-electron chi connectivity index (χ0n) is 10.0. The Kier molecular flexibility index (Phi) is 2.85. The van der Waals surface area contributed by atoms with E-state index >= 15 is 0 Å². The molecule has 0 aliphatic carbocycles. The van der Waals surface area contributed by atoms with E-state index in [9.17, 15) is 0 Å². The molecule has 2 saturated heterocycles. The van der Waals surface area contributed by atoms with Crippen molar-refractivity contribution in [3.05, 3.63) is 0 Å². The molecule has 2 aliphatic rings. The molecule has 2 heterocycles. The van der Waals surface area contributed by atoms with Crippen LogP contribution in [0.5, 0.6) is 0 Å². The molecule has 2 rings (SSSR count). The molecule has 14 heavy (non-hydrogen) atoms. The normalized spacial score (nSPS) is 46.3. The minimum absolute atomic E-state index is 0.729. The molecule has 0 radical (unpaired) electrons. The van der Waals surface area contributed by atoms with E-state index in [1.165, 1.54) is 25.9 Å². The Hall–Kier alpha value is -0.0800. The third kappa shape index (κ3) is 1.70. The average molecular weight is 196 g/mol. The Labute approximate surface area is 88.3 Å².